The first-order valence-corrected chi connectivity index (χ1v) is 9.17. The van der Waals surface area contributed by atoms with E-state index < -0.39 is 12.0 Å². The molecule has 8 heteroatoms. The predicted molar refractivity (Wildman–Crippen MR) is 97.0 cm³/mol. The summed E-state index contributed by atoms with van der Waals surface area (Å²) in [7, 11) is 0. The van der Waals surface area contributed by atoms with Gasteiger partial charge < -0.3 is 9.67 Å². The van der Waals surface area contributed by atoms with Crippen molar-refractivity contribution in [2.24, 2.45) is 0 Å². The minimum Gasteiger partial charge on any atom is -0.480 e. The van der Waals surface area contributed by atoms with Gasteiger partial charge in [0, 0.05) is 11.4 Å². The molecule has 25 heavy (non-hydrogen) atoms. The fraction of sp³-hybridized carbons (Fsp3) is 0.353. The van der Waals surface area contributed by atoms with Crippen LogP contribution in [0.3, 0.4) is 0 Å². The molecule has 0 spiro atoms. The Morgan fingerprint density at radius 1 is 1.40 bits per heavy atom. The summed E-state index contributed by atoms with van der Waals surface area (Å²) in [6, 6.07) is 5.29. The van der Waals surface area contributed by atoms with Gasteiger partial charge in [-0.25, -0.2) is 0 Å². The van der Waals surface area contributed by atoms with Gasteiger partial charge >= 0.3 is 5.97 Å². The van der Waals surface area contributed by atoms with Crippen LogP contribution in [-0.2, 0) is 24.4 Å². The van der Waals surface area contributed by atoms with E-state index in [0.717, 1.165) is 37.2 Å². The second kappa shape index (κ2) is 6.09. The summed E-state index contributed by atoms with van der Waals surface area (Å²) < 4.78 is 2.95. The quantitative estimate of drug-likeness (QED) is 0.759. The van der Waals surface area contributed by atoms with E-state index in [4.69, 9.17) is 11.6 Å². The molecule has 0 saturated carbocycles. The molecule has 3 aromatic rings. The maximum atomic E-state index is 11.8. The zero-order valence-electron chi connectivity index (χ0n) is 13.9. The van der Waals surface area contributed by atoms with Gasteiger partial charge in [-0.2, -0.15) is 0 Å². The van der Waals surface area contributed by atoms with Crippen LogP contribution in [0.5, 0.6) is 0 Å². The molecule has 2 aromatic heterocycles. The predicted octanol–water partition coefficient (Wildman–Crippen LogP) is 3.23. The zero-order valence-corrected chi connectivity index (χ0v) is 15.4. The lowest BCUT2D eigenvalue weighted by atomic mass is 10.1. The Hall–Kier alpha value is -1.96. The van der Waals surface area contributed by atoms with Gasteiger partial charge in [-0.05, 0) is 30.9 Å². The van der Waals surface area contributed by atoms with E-state index >= 15 is 0 Å². The molecule has 0 fully saturated rings. The first kappa shape index (κ1) is 16.5. The number of hydrogen-bond donors (Lipinski definition) is 1. The fourth-order valence-electron chi connectivity index (χ4n) is 3.35. The number of rotatable bonds is 3. The monoisotopic (exact) mass is 376 g/mol. The van der Waals surface area contributed by atoms with Crippen molar-refractivity contribution in [1.82, 2.24) is 19.7 Å². The van der Waals surface area contributed by atoms with Gasteiger partial charge in [-0.3, -0.25) is 9.69 Å². The molecule has 4 rings (SSSR count). The third-order valence-electron chi connectivity index (χ3n) is 4.80. The minimum atomic E-state index is -0.824. The van der Waals surface area contributed by atoms with Crippen LogP contribution in [0.15, 0.2) is 18.2 Å². The molecule has 0 saturated heterocycles. The number of carboxylic acids is 1. The number of aryl methyl sites for hydroxylation is 2. The van der Waals surface area contributed by atoms with E-state index in [9.17, 15) is 9.90 Å². The Bertz CT molecular complexity index is 981. The van der Waals surface area contributed by atoms with Gasteiger partial charge in [0.1, 0.15) is 17.7 Å². The Morgan fingerprint density at radius 2 is 2.20 bits per heavy atom. The topological polar surface area (TPSA) is 71.2 Å². The maximum Gasteiger partial charge on any atom is 0.322 e. The Balaban J connectivity index is 1.71. The molecular formula is C17H17ClN4O2S. The van der Waals surface area contributed by atoms with E-state index in [-0.39, 0.29) is 0 Å². The number of hydrogen-bond acceptors (Lipinski definition) is 5. The van der Waals surface area contributed by atoms with Crippen LogP contribution >= 0.6 is 22.9 Å². The van der Waals surface area contributed by atoms with Gasteiger partial charge in [0.25, 0.3) is 0 Å². The van der Waals surface area contributed by atoms with E-state index in [0.29, 0.717) is 19.6 Å². The SMILES string of the molecule is Cc1c(CN2Cc3nnc(C)n3CC2C(=O)O)sc2c(Cl)cccc12. The normalized spacial score (nSPS) is 17.8. The van der Waals surface area contributed by atoms with Gasteiger partial charge in [0.15, 0.2) is 0 Å². The van der Waals surface area contributed by atoms with Crippen molar-refractivity contribution in [1.29, 1.82) is 0 Å². The molecule has 130 valence electrons. The summed E-state index contributed by atoms with van der Waals surface area (Å²) in [5.74, 6) is 0.744. The molecule has 1 N–H and O–H groups in total. The van der Waals surface area contributed by atoms with Crippen LogP contribution in [0, 0.1) is 13.8 Å². The molecule has 1 aliphatic heterocycles. The summed E-state index contributed by atoms with van der Waals surface area (Å²) in [6.45, 7) is 5.32. The molecule has 1 atom stereocenters. The number of nitrogens with zero attached hydrogens (tertiary/aromatic N) is 4. The van der Waals surface area contributed by atoms with Crippen molar-refractivity contribution in [2.75, 3.05) is 0 Å². The standard InChI is InChI=1S/C17H17ClN4O2S/c1-9-11-4-3-5-12(18)16(11)25-14(9)7-21-8-15-20-19-10(2)22(15)6-13(21)17(23)24/h3-5,13H,6-8H2,1-2H3,(H,23,24). The highest BCUT2D eigenvalue weighted by Crippen LogP contribution is 2.37. The molecule has 0 radical (unpaired) electrons. The van der Waals surface area contributed by atoms with Crippen molar-refractivity contribution in [3.8, 4) is 0 Å². The van der Waals surface area contributed by atoms with Gasteiger partial charge in [-0.1, -0.05) is 23.7 Å². The van der Waals surface area contributed by atoms with Crippen LogP contribution < -0.4 is 0 Å². The molecule has 0 amide bonds. The summed E-state index contributed by atoms with van der Waals surface area (Å²) >= 11 is 7.95. The van der Waals surface area contributed by atoms with Crippen LogP contribution in [0.2, 0.25) is 5.02 Å². The summed E-state index contributed by atoms with van der Waals surface area (Å²) in [4.78, 5) is 14.9. The van der Waals surface area contributed by atoms with Crippen molar-refractivity contribution < 1.29 is 9.90 Å². The van der Waals surface area contributed by atoms with Gasteiger partial charge in [0.05, 0.1) is 22.8 Å². The number of halogens is 1. The van der Waals surface area contributed by atoms with Crippen LogP contribution in [0.25, 0.3) is 10.1 Å². The highest BCUT2D eigenvalue weighted by Gasteiger charge is 2.34. The second-order valence-electron chi connectivity index (χ2n) is 6.30. The first-order valence-electron chi connectivity index (χ1n) is 7.97. The minimum absolute atomic E-state index is 0.369. The Labute approximate surface area is 153 Å². The Kier molecular flexibility index (Phi) is 4.02. The lowest BCUT2D eigenvalue weighted by Gasteiger charge is -2.33. The number of thiophene rings is 1. The number of aliphatic carboxylic acids is 1. The average Bonchev–Trinajstić information content (AvgIpc) is 3.09. The lowest BCUT2D eigenvalue weighted by molar-refractivity contribution is -0.145. The van der Waals surface area contributed by atoms with Crippen LogP contribution in [0.4, 0.5) is 0 Å². The Morgan fingerprint density at radius 3 is 2.92 bits per heavy atom. The summed E-state index contributed by atoms with van der Waals surface area (Å²) in [6.07, 6.45) is 0. The molecule has 0 bridgehead atoms. The van der Waals surface area contributed by atoms with Crippen LogP contribution in [0.1, 0.15) is 22.1 Å². The average molecular weight is 377 g/mol. The smallest absolute Gasteiger partial charge is 0.322 e. The maximum absolute atomic E-state index is 11.8. The zero-order chi connectivity index (χ0) is 17.7. The number of aromatic nitrogens is 3. The molecule has 1 unspecified atom stereocenters. The van der Waals surface area contributed by atoms with E-state index in [2.05, 4.69) is 23.2 Å². The molecule has 0 aliphatic carbocycles. The van der Waals surface area contributed by atoms with Crippen molar-refractivity contribution in [2.45, 2.75) is 39.5 Å². The van der Waals surface area contributed by atoms with Crippen LogP contribution in [-0.4, -0.2) is 36.8 Å². The summed E-state index contributed by atoms with van der Waals surface area (Å²) in [5.41, 5.74) is 1.16. The van der Waals surface area contributed by atoms with E-state index in [1.165, 1.54) is 0 Å². The number of fused-ring (bicyclic) bond motifs is 2. The number of carboxylic acid groups (broad SMARTS) is 1. The van der Waals surface area contributed by atoms with Crippen molar-refractivity contribution >= 4 is 39.0 Å². The molecule has 1 aromatic carbocycles. The van der Waals surface area contributed by atoms with Gasteiger partial charge in [-0.15, -0.1) is 21.5 Å². The molecule has 6 nitrogen and oxygen atoms in total. The largest absolute Gasteiger partial charge is 0.480 e. The lowest BCUT2D eigenvalue weighted by Crippen LogP contribution is -2.47. The number of benzene rings is 1. The van der Waals surface area contributed by atoms with E-state index in [1.54, 1.807) is 11.3 Å². The third kappa shape index (κ3) is 2.72. The molecular weight excluding hydrogens is 360 g/mol. The second-order valence-corrected chi connectivity index (χ2v) is 7.81. The first-order chi connectivity index (χ1) is 12.0. The molecule has 1 aliphatic rings. The van der Waals surface area contributed by atoms with Crippen molar-refractivity contribution in [3.05, 3.63) is 45.3 Å². The third-order valence-corrected chi connectivity index (χ3v) is 6.55. The van der Waals surface area contributed by atoms with E-state index in [1.807, 2.05) is 28.5 Å². The highest BCUT2D eigenvalue weighted by atomic mass is 35.5. The molecule has 3 heterocycles. The fourth-order valence-corrected chi connectivity index (χ4v) is 4.88. The van der Waals surface area contributed by atoms with Crippen molar-refractivity contribution in [3.63, 3.8) is 0 Å². The summed E-state index contributed by atoms with van der Waals surface area (Å²) in [5, 5.41) is 19.8. The highest BCUT2D eigenvalue weighted by molar-refractivity contribution is 7.20. The van der Waals surface area contributed by atoms with Gasteiger partial charge in [0.2, 0.25) is 0 Å². The number of carbonyl (C=O) groups is 1.